The van der Waals surface area contributed by atoms with E-state index in [-0.39, 0.29) is 24.0 Å². The molecule has 1 saturated carbocycles. The number of para-hydroxylation sites is 1. The van der Waals surface area contributed by atoms with E-state index in [2.05, 4.69) is 49.4 Å². The van der Waals surface area contributed by atoms with Gasteiger partial charge in [0.25, 0.3) is 0 Å². The minimum atomic E-state index is 0. The molecule has 1 aliphatic carbocycles. The van der Waals surface area contributed by atoms with Crippen LogP contribution in [-0.4, -0.2) is 55.7 Å². The fourth-order valence-corrected chi connectivity index (χ4v) is 3.48. The molecule has 1 N–H and O–H groups in total. The Hall–Kier alpha value is -2.03. The largest absolute Gasteiger partial charge is 0.493 e. The van der Waals surface area contributed by atoms with Gasteiger partial charge in [0.2, 0.25) is 0 Å². The monoisotopic (exact) mass is 507 g/mol. The summed E-state index contributed by atoms with van der Waals surface area (Å²) in [6.45, 7) is 5.29. The van der Waals surface area contributed by atoms with Crippen LogP contribution in [0, 0.1) is 5.92 Å². The maximum absolute atomic E-state index is 6.03. The number of aliphatic imine (C=N–C) groups is 1. The Kier molecular flexibility index (Phi) is 7.97. The number of hydrogen-bond acceptors (Lipinski definition) is 4. The molecule has 0 bridgehead atoms. The zero-order valence-corrected chi connectivity index (χ0v) is 19.3. The van der Waals surface area contributed by atoms with Crippen LogP contribution in [0.15, 0.2) is 53.7 Å². The first kappa shape index (κ1) is 21.7. The molecule has 0 spiro atoms. The van der Waals surface area contributed by atoms with Crippen LogP contribution in [0.5, 0.6) is 5.75 Å². The average molecular weight is 507 g/mol. The number of rotatable bonds is 6. The van der Waals surface area contributed by atoms with Crippen molar-refractivity contribution in [1.82, 2.24) is 15.2 Å². The van der Waals surface area contributed by atoms with E-state index in [4.69, 9.17) is 4.74 Å². The van der Waals surface area contributed by atoms with Crippen LogP contribution in [0.25, 0.3) is 0 Å². The van der Waals surface area contributed by atoms with E-state index < -0.39 is 0 Å². The highest BCUT2D eigenvalue weighted by molar-refractivity contribution is 14.0. The van der Waals surface area contributed by atoms with Crippen LogP contribution in [0.3, 0.4) is 0 Å². The summed E-state index contributed by atoms with van der Waals surface area (Å²) in [4.78, 5) is 13.6. The van der Waals surface area contributed by atoms with Crippen molar-refractivity contribution in [3.8, 4) is 5.75 Å². The van der Waals surface area contributed by atoms with Crippen molar-refractivity contribution in [2.24, 2.45) is 10.9 Å². The number of aromatic nitrogens is 1. The molecule has 29 heavy (non-hydrogen) atoms. The van der Waals surface area contributed by atoms with E-state index >= 15 is 0 Å². The Balaban J connectivity index is 0.00000240. The fourth-order valence-electron chi connectivity index (χ4n) is 3.48. The third-order valence-corrected chi connectivity index (χ3v) is 5.35. The van der Waals surface area contributed by atoms with Crippen LogP contribution in [0.2, 0.25) is 0 Å². The molecule has 1 saturated heterocycles. The normalized spacial score (nSPS) is 16.9. The van der Waals surface area contributed by atoms with Gasteiger partial charge in [-0.05, 0) is 37.0 Å². The fraction of sp³-hybridized carbons (Fsp3) is 0.455. The Morgan fingerprint density at radius 1 is 1.10 bits per heavy atom. The first-order valence-corrected chi connectivity index (χ1v) is 10.2. The number of hydrogen-bond donors (Lipinski definition) is 1. The average Bonchev–Trinajstić information content (AvgIpc) is 3.59. The summed E-state index contributed by atoms with van der Waals surface area (Å²) in [6.07, 6.45) is 4.46. The topological polar surface area (TPSA) is 53.0 Å². The van der Waals surface area contributed by atoms with E-state index in [9.17, 15) is 0 Å². The maximum Gasteiger partial charge on any atom is 0.194 e. The number of benzene rings is 1. The van der Waals surface area contributed by atoms with E-state index in [1.54, 1.807) is 0 Å². The van der Waals surface area contributed by atoms with Gasteiger partial charge in [-0.15, -0.1) is 24.0 Å². The van der Waals surface area contributed by atoms with E-state index in [1.165, 1.54) is 18.4 Å². The molecular formula is C22H30IN5O. The summed E-state index contributed by atoms with van der Waals surface area (Å²) in [6, 6.07) is 14.4. The molecule has 2 aromatic rings. The molecule has 2 fully saturated rings. The third kappa shape index (κ3) is 5.98. The Bertz CT molecular complexity index is 789. The number of anilines is 1. The number of pyridine rings is 1. The molecule has 1 aliphatic heterocycles. The summed E-state index contributed by atoms with van der Waals surface area (Å²) in [5.74, 6) is 3.73. The predicted molar refractivity (Wildman–Crippen MR) is 128 cm³/mol. The number of ether oxygens (including phenoxy) is 1. The van der Waals surface area contributed by atoms with Gasteiger partial charge in [-0.2, -0.15) is 0 Å². The van der Waals surface area contributed by atoms with Crippen LogP contribution >= 0.6 is 24.0 Å². The summed E-state index contributed by atoms with van der Waals surface area (Å²) >= 11 is 0. The summed E-state index contributed by atoms with van der Waals surface area (Å²) in [7, 11) is 1.85. The number of nitrogens with zero attached hydrogens (tertiary/aromatic N) is 4. The first-order chi connectivity index (χ1) is 13.8. The molecular weight excluding hydrogens is 477 g/mol. The molecule has 7 heteroatoms. The quantitative estimate of drug-likeness (QED) is 0.369. The van der Waals surface area contributed by atoms with Gasteiger partial charge >= 0.3 is 0 Å². The van der Waals surface area contributed by atoms with Gasteiger partial charge in [-0.1, -0.05) is 24.3 Å². The SMILES string of the molecule is CN=C(NCc1ccccc1OCC1CC1)N1CCN(c2ccccn2)CC1.I. The highest BCUT2D eigenvalue weighted by atomic mass is 127. The van der Waals surface area contributed by atoms with Crippen molar-refractivity contribution in [1.29, 1.82) is 0 Å². The zero-order chi connectivity index (χ0) is 19.2. The summed E-state index contributed by atoms with van der Waals surface area (Å²) < 4.78 is 6.03. The van der Waals surface area contributed by atoms with Gasteiger partial charge < -0.3 is 19.9 Å². The highest BCUT2D eigenvalue weighted by Crippen LogP contribution is 2.30. The second-order valence-electron chi connectivity index (χ2n) is 7.42. The second kappa shape index (κ2) is 10.7. The van der Waals surface area contributed by atoms with Gasteiger partial charge in [-0.25, -0.2) is 4.98 Å². The third-order valence-electron chi connectivity index (χ3n) is 5.35. The van der Waals surface area contributed by atoms with Crippen LogP contribution in [0.1, 0.15) is 18.4 Å². The van der Waals surface area contributed by atoms with Crippen LogP contribution in [0.4, 0.5) is 5.82 Å². The molecule has 0 atom stereocenters. The lowest BCUT2D eigenvalue weighted by atomic mass is 10.2. The van der Waals surface area contributed by atoms with Gasteiger partial charge in [-0.3, -0.25) is 4.99 Å². The van der Waals surface area contributed by atoms with E-state index in [1.807, 2.05) is 31.4 Å². The molecule has 156 valence electrons. The van der Waals surface area contributed by atoms with Gasteiger partial charge in [0.05, 0.1) is 6.61 Å². The number of halogens is 1. The van der Waals surface area contributed by atoms with Crippen molar-refractivity contribution >= 4 is 35.8 Å². The molecule has 0 amide bonds. The zero-order valence-electron chi connectivity index (χ0n) is 17.0. The number of nitrogens with one attached hydrogen (secondary N) is 1. The van der Waals surface area contributed by atoms with Crippen molar-refractivity contribution < 1.29 is 4.74 Å². The highest BCUT2D eigenvalue weighted by Gasteiger charge is 2.23. The van der Waals surface area contributed by atoms with Crippen LogP contribution < -0.4 is 15.0 Å². The maximum atomic E-state index is 6.03. The molecule has 4 rings (SSSR count). The second-order valence-corrected chi connectivity index (χ2v) is 7.42. The molecule has 1 aromatic heterocycles. The van der Waals surface area contributed by atoms with Crippen molar-refractivity contribution in [3.63, 3.8) is 0 Å². The van der Waals surface area contributed by atoms with Crippen LogP contribution in [-0.2, 0) is 6.54 Å². The van der Waals surface area contributed by atoms with Gasteiger partial charge in [0.1, 0.15) is 11.6 Å². The lowest BCUT2D eigenvalue weighted by molar-refractivity contribution is 0.296. The number of piperazine rings is 1. The lowest BCUT2D eigenvalue weighted by Gasteiger charge is -2.37. The van der Waals surface area contributed by atoms with Gasteiger partial charge in [0, 0.05) is 51.5 Å². The summed E-state index contributed by atoms with van der Waals surface area (Å²) in [5.41, 5.74) is 1.18. The van der Waals surface area contributed by atoms with Crippen molar-refractivity contribution in [3.05, 3.63) is 54.2 Å². The predicted octanol–water partition coefficient (Wildman–Crippen LogP) is 3.39. The smallest absolute Gasteiger partial charge is 0.194 e. The Morgan fingerprint density at radius 2 is 1.86 bits per heavy atom. The molecule has 1 aromatic carbocycles. The summed E-state index contributed by atoms with van der Waals surface area (Å²) in [5, 5.41) is 3.52. The molecule has 0 unspecified atom stereocenters. The minimum Gasteiger partial charge on any atom is -0.493 e. The van der Waals surface area contributed by atoms with Crippen molar-refractivity contribution in [2.75, 3.05) is 44.7 Å². The minimum absolute atomic E-state index is 0. The molecule has 2 aliphatic rings. The lowest BCUT2D eigenvalue weighted by Crippen LogP contribution is -2.52. The Morgan fingerprint density at radius 3 is 2.55 bits per heavy atom. The first-order valence-electron chi connectivity index (χ1n) is 10.2. The van der Waals surface area contributed by atoms with Gasteiger partial charge in [0.15, 0.2) is 5.96 Å². The molecule has 2 heterocycles. The Labute approximate surface area is 190 Å². The molecule has 6 nitrogen and oxygen atoms in total. The van der Waals surface area contributed by atoms with Crippen molar-refractivity contribution in [2.45, 2.75) is 19.4 Å². The molecule has 0 radical (unpaired) electrons. The number of guanidine groups is 1. The van der Waals surface area contributed by atoms with E-state index in [0.717, 1.165) is 56.2 Å². The standard InChI is InChI=1S/C22H29N5O.HI/c1-23-22(27-14-12-26(13-15-27)21-8-4-5-11-24-21)25-16-19-6-2-3-7-20(19)28-17-18-9-10-18;/h2-8,11,18H,9-10,12-17H2,1H3,(H,23,25);1H. The van der Waals surface area contributed by atoms with E-state index in [0.29, 0.717) is 6.54 Å².